The maximum absolute atomic E-state index is 11.9. The second-order valence-corrected chi connectivity index (χ2v) is 7.91. The molecule has 3 aromatic rings. The second-order valence-electron chi connectivity index (χ2n) is 5.56. The van der Waals surface area contributed by atoms with Gasteiger partial charge in [-0.3, -0.25) is 4.72 Å². The van der Waals surface area contributed by atoms with Gasteiger partial charge in [-0.15, -0.1) is 5.10 Å². The molecule has 0 saturated heterocycles. The molecule has 0 fully saturated rings. The van der Waals surface area contributed by atoms with E-state index in [1.165, 1.54) is 0 Å². The van der Waals surface area contributed by atoms with Crippen LogP contribution in [-0.2, 0) is 16.6 Å². The van der Waals surface area contributed by atoms with E-state index in [0.29, 0.717) is 17.9 Å². The molecule has 0 saturated carbocycles. The van der Waals surface area contributed by atoms with E-state index in [2.05, 4.69) is 14.8 Å². The van der Waals surface area contributed by atoms with Crippen molar-refractivity contribution in [1.29, 1.82) is 0 Å². The number of benzene rings is 1. The number of sulfonamides is 1. The number of rotatable bonds is 6. The molecule has 7 nitrogen and oxygen atoms in total. The van der Waals surface area contributed by atoms with E-state index in [-0.39, 0.29) is 11.0 Å². The summed E-state index contributed by atoms with van der Waals surface area (Å²) in [6.45, 7) is 2.10. The van der Waals surface area contributed by atoms with Gasteiger partial charge in [-0.2, -0.15) is 4.98 Å². The zero-order valence-corrected chi connectivity index (χ0v) is 15.4. The number of anilines is 2. The van der Waals surface area contributed by atoms with Gasteiger partial charge >= 0.3 is 0 Å². The molecule has 0 bridgehead atoms. The minimum atomic E-state index is -3.34. The zero-order chi connectivity index (χ0) is 18.0. The molecule has 2 heterocycles. The Morgan fingerprint density at radius 1 is 1.24 bits per heavy atom. The van der Waals surface area contributed by atoms with E-state index in [9.17, 15) is 8.42 Å². The first-order valence-corrected chi connectivity index (χ1v) is 9.73. The number of fused-ring (bicyclic) bond motifs is 1. The normalized spacial score (nSPS) is 11.6. The minimum Gasteiger partial charge on any atom is -0.367 e. The van der Waals surface area contributed by atoms with Crippen LogP contribution in [0.25, 0.3) is 5.65 Å². The van der Waals surface area contributed by atoms with Crippen molar-refractivity contribution in [2.45, 2.75) is 13.5 Å². The smallest absolute Gasteiger partial charge is 0.243 e. The SMILES string of the molecule is CCS(=O)(=O)Nc1ccccc1CN(C)c1cccn2nc(Cl)nc12. The monoisotopic (exact) mass is 379 g/mol. The lowest BCUT2D eigenvalue weighted by Crippen LogP contribution is -2.20. The Bertz CT molecular complexity index is 1000. The van der Waals surface area contributed by atoms with Crippen LogP contribution in [0.5, 0.6) is 0 Å². The fourth-order valence-corrected chi connectivity index (χ4v) is 3.34. The summed E-state index contributed by atoms with van der Waals surface area (Å²) in [6.07, 6.45) is 1.77. The molecule has 1 aromatic carbocycles. The topological polar surface area (TPSA) is 79.6 Å². The maximum atomic E-state index is 11.9. The first kappa shape index (κ1) is 17.5. The molecule has 0 atom stereocenters. The molecule has 9 heteroatoms. The van der Waals surface area contributed by atoms with Gasteiger partial charge in [0.25, 0.3) is 0 Å². The molecule has 0 radical (unpaired) electrons. The standard InChI is InChI=1S/C16H18ClN5O2S/c1-3-25(23,24)20-13-8-5-4-7-12(13)11-21(2)14-9-6-10-22-15(14)18-16(17)19-22/h4-10,20H,3,11H2,1-2H3. The molecule has 0 amide bonds. The highest BCUT2D eigenvalue weighted by molar-refractivity contribution is 7.92. The van der Waals surface area contributed by atoms with Crippen molar-refractivity contribution in [3.8, 4) is 0 Å². The second kappa shape index (κ2) is 6.89. The first-order chi connectivity index (χ1) is 11.9. The van der Waals surface area contributed by atoms with E-state index in [0.717, 1.165) is 11.3 Å². The Morgan fingerprint density at radius 3 is 2.76 bits per heavy atom. The van der Waals surface area contributed by atoms with E-state index in [1.54, 1.807) is 29.8 Å². The number of pyridine rings is 1. The number of para-hydroxylation sites is 1. The zero-order valence-electron chi connectivity index (χ0n) is 13.8. The van der Waals surface area contributed by atoms with Gasteiger partial charge in [-0.1, -0.05) is 18.2 Å². The molecule has 3 rings (SSSR count). The largest absolute Gasteiger partial charge is 0.367 e. The molecule has 0 aliphatic carbocycles. The van der Waals surface area contributed by atoms with Gasteiger partial charge in [0, 0.05) is 19.8 Å². The summed E-state index contributed by atoms with van der Waals surface area (Å²) in [7, 11) is -1.43. The van der Waals surface area contributed by atoms with Crippen LogP contribution in [0.4, 0.5) is 11.4 Å². The molecule has 25 heavy (non-hydrogen) atoms. The van der Waals surface area contributed by atoms with Crippen molar-refractivity contribution in [2.24, 2.45) is 0 Å². The summed E-state index contributed by atoms with van der Waals surface area (Å²) < 4.78 is 28.0. The summed E-state index contributed by atoms with van der Waals surface area (Å²) in [5.74, 6) is 0.0225. The van der Waals surface area contributed by atoms with Crippen LogP contribution in [0.1, 0.15) is 12.5 Å². The number of halogens is 1. The molecule has 2 aromatic heterocycles. The van der Waals surface area contributed by atoms with Gasteiger partial charge in [0.05, 0.1) is 17.1 Å². The summed E-state index contributed by atoms with van der Waals surface area (Å²) in [4.78, 5) is 6.21. The minimum absolute atomic E-state index is 0.0225. The number of aromatic nitrogens is 3. The van der Waals surface area contributed by atoms with E-state index < -0.39 is 10.0 Å². The van der Waals surface area contributed by atoms with Crippen molar-refractivity contribution in [1.82, 2.24) is 14.6 Å². The van der Waals surface area contributed by atoms with Gasteiger partial charge < -0.3 is 4.90 Å². The lowest BCUT2D eigenvalue weighted by atomic mass is 10.1. The van der Waals surface area contributed by atoms with E-state index in [4.69, 9.17) is 11.6 Å². The van der Waals surface area contributed by atoms with Crippen LogP contribution in [0, 0.1) is 0 Å². The summed E-state index contributed by atoms with van der Waals surface area (Å²) >= 11 is 5.90. The summed E-state index contributed by atoms with van der Waals surface area (Å²) in [5.41, 5.74) is 2.91. The Balaban J connectivity index is 1.92. The van der Waals surface area contributed by atoms with Crippen molar-refractivity contribution in [3.63, 3.8) is 0 Å². The third-order valence-corrected chi connectivity index (χ3v) is 5.25. The van der Waals surface area contributed by atoms with Gasteiger partial charge in [0.15, 0.2) is 5.65 Å². The lowest BCUT2D eigenvalue weighted by Gasteiger charge is -2.21. The van der Waals surface area contributed by atoms with Crippen LogP contribution in [0.15, 0.2) is 42.6 Å². The quantitative estimate of drug-likeness (QED) is 0.712. The third-order valence-electron chi connectivity index (χ3n) is 3.80. The molecule has 0 unspecified atom stereocenters. The molecule has 0 aliphatic rings. The maximum Gasteiger partial charge on any atom is 0.243 e. The lowest BCUT2D eigenvalue weighted by molar-refractivity contribution is 0.602. The predicted molar refractivity (Wildman–Crippen MR) is 99.6 cm³/mol. The molecule has 0 spiro atoms. The van der Waals surface area contributed by atoms with Crippen molar-refractivity contribution in [3.05, 3.63) is 53.4 Å². The number of nitrogens with one attached hydrogen (secondary N) is 1. The Hall–Kier alpha value is -2.32. The molecule has 0 aliphatic heterocycles. The summed E-state index contributed by atoms with van der Waals surface area (Å²) in [6, 6.07) is 11.1. The number of nitrogens with zero attached hydrogens (tertiary/aromatic N) is 4. The van der Waals surface area contributed by atoms with Crippen LogP contribution >= 0.6 is 11.6 Å². The van der Waals surface area contributed by atoms with Crippen molar-refractivity contribution >= 4 is 38.6 Å². The Kier molecular flexibility index (Phi) is 4.82. The average molecular weight is 380 g/mol. The Labute approximate surface area is 151 Å². The summed E-state index contributed by atoms with van der Waals surface area (Å²) in [5, 5.41) is 4.27. The highest BCUT2D eigenvalue weighted by Gasteiger charge is 2.14. The molecule has 1 N–H and O–H groups in total. The van der Waals surface area contributed by atoms with Crippen LogP contribution in [0.2, 0.25) is 5.28 Å². The first-order valence-electron chi connectivity index (χ1n) is 7.70. The van der Waals surface area contributed by atoms with E-state index >= 15 is 0 Å². The predicted octanol–water partition coefficient (Wildman–Crippen LogP) is 2.78. The fourth-order valence-electron chi connectivity index (χ4n) is 2.50. The van der Waals surface area contributed by atoms with Gasteiger partial charge in [0.2, 0.25) is 15.3 Å². The Morgan fingerprint density at radius 2 is 2.00 bits per heavy atom. The van der Waals surface area contributed by atoms with Crippen molar-refractivity contribution < 1.29 is 8.42 Å². The molecular formula is C16H18ClN5O2S. The van der Waals surface area contributed by atoms with Crippen molar-refractivity contribution in [2.75, 3.05) is 22.4 Å². The fraction of sp³-hybridized carbons (Fsp3) is 0.250. The van der Waals surface area contributed by atoms with Crippen LogP contribution in [-0.4, -0.2) is 35.8 Å². The van der Waals surface area contributed by atoms with Gasteiger partial charge in [-0.25, -0.2) is 12.9 Å². The van der Waals surface area contributed by atoms with E-state index in [1.807, 2.05) is 36.2 Å². The highest BCUT2D eigenvalue weighted by Crippen LogP contribution is 2.24. The highest BCUT2D eigenvalue weighted by atomic mass is 35.5. The molecular weight excluding hydrogens is 362 g/mol. The van der Waals surface area contributed by atoms with Gasteiger partial charge in [-0.05, 0) is 42.3 Å². The molecule has 132 valence electrons. The average Bonchev–Trinajstić information content (AvgIpc) is 2.96. The van der Waals surface area contributed by atoms with Crippen LogP contribution in [0.3, 0.4) is 0 Å². The van der Waals surface area contributed by atoms with Gasteiger partial charge in [0.1, 0.15) is 0 Å². The third kappa shape index (κ3) is 3.85. The van der Waals surface area contributed by atoms with Crippen LogP contribution < -0.4 is 9.62 Å². The number of hydrogen-bond donors (Lipinski definition) is 1. The number of hydrogen-bond acceptors (Lipinski definition) is 5.